The fraction of sp³-hybridized carbons (Fsp3) is 0.231. The van der Waals surface area contributed by atoms with Crippen LogP contribution in [0.25, 0.3) is 10.8 Å². The molecule has 0 atom stereocenters. The molecule has 0 aliphatic rings. The Balaban J connectivity index is 1.67. The Hall–Kier alpha value is -2.21. The van der Waals surface area contributed by atoms with Gasteiger partial charge in [0.1, 0.15) is 0 Å². The largest absolute Gasteiger partial charge is 0.368 e. The van der Waals surface area contributed by atoms with Gasteiger partial charge in [0.25, 0.3) is 0 Å². The number of benzene rings is 1. The van der Waals surface area contributed by atoms with Crippen molar-refractivity contribution in [1.82, 2.24) is 25.2 Å². The summed E-state index contributed by atoms with van der Waals surface area (Å²) in [7, 11) is 0. The second-order valence-electron chi connectivity index (χ2n) is 4.33. The second-order valence-corrected chi connectivity index (χ2v) is 4.69. The first-order valence-corrected chi connectivity index (χ1v) is 6.71. The fourth-order valence-corrected chi connectivity index (χ4v) is 2.20. The highest BCUT2D eigenvalue weighted by Gasteiger charge is 2.06. The quantitative estimate of drug-likeness (QED) is 0.730. The van der Waals surface area contributed by atoms with E-state index in [1.54, 1.807) is 10.9 Å². The molecule has 1 N–H and O–H groups in total. The summed E-state index contributed by atoms with van der Waals surface area (Å²) >= 11 is 6.04. The minimum absolute atomic E-state index is 0.425. The van der Waals surface area contributed by atoms with Gasteiger partial charge in [-0.05, 0) is 6.42 Å². The van der Waals surface area contributed by atoms with Gasteiger partial charge < -0.3 is 5.32 Å². The van der Waals surface area contributed by atoms with E-state index in [0.29, 0.717) is 5.15 Å². The molecule has 0 amide bonds. The lowest BCUT2D eigenvalue weighted by Crippen LogP contribution is -2.09. The maximum Gasteiger partial charge on any atom is 0.159 e. The van der Waals surface area contributed by atoms with E-state index < -0.39 is 0 Å². The molecule has 0 unspecified atom stereocenters. The van der Waals surface area contributed by atoms with Crippen molar-refractivity contribution in [3.63, 3.8) is 0 Å². The molecule has 0 fully saturated rings. The van der Waals surface area contributed by atoms with E-state index in [1.807, 2.05) is 30.5 Å². The van der Waals surface area contributed by atoms with E-state index in [4.69, 9.17) is 11.6 Å². The molecule has 0 bridgehead atoms. The van der Waals surface area contributed by atoms with E-state index in [2.05, 4.69) is 25.8 Å². The highest BCUT2D eigenvalue weighted by Crippen LogP contribution is 2.25. The first-order valence-electron chi connectivity index (χ1n) is 6.33. The zero-order valence-corrected chi connectivity index (χ0v) is 11.5. The van der Waals surface area contributed by atoms with Crippen molar-refractivity contribution in [2.45, 2.75) is 13.0 Å². The molecule has 3 aromatic rings. The number of nitrogens with zero attached hydrogens (tertiary/aromatic N) is 5. The molecule has 3 rings (SSSR count). The van der Waals surface area contributed by atoms with Crippen LogP contribution in [0.15, 0.2) is 36.7 Å². The van der Waals surface area contributed by atoms with Gasteiger partial charge >= 0.3 is 0 Å². The summed E-state index contributed by atoms with van der Waals surface area (Å²) in [5.74, 6) is 0.753. The Morgan fingerprint density at radius 3 is 2.80 bits per heavy atom. The standard InChI is InChI=1S/C13H13ClN6/c14-12-10-4-1-2-5-11(10)13(18-17-12)15-6-3-8-20-9-7-16-19-20/h1-2,4-5,7,9H,3,6,8H2,(H,15,18). The number of rotatable bonds is 5. The molecule has 0 saturated carbocycles. The number of hydrogen-bond donors (Lipinski definition) is 1. The van der Waals surface area contributed by atoms with Crippen LogP contribution in [0.5, 0.6) is 0 Å². The maximum absolute atomic E-state index is 6.04. The summed E-state index contributed by atoms with van der Waals surface area (Å²) in [6, 6.07) is 7.81. The SMILES string of the molecule is Clc1nnc(NCCCn2ccnn2)c2ccccc12. The highest BCUT2D eigenvalue weighted by atomic mass is 35.5. The van der Waals surface area contributed by atoms with E-state index in [0.717, 1.165) is 36.1 Å². The minimum atomic E-state index is 0.425. The average Bonchev–Trinajstić information content (AvgIpc) is 2.99. The Morgan fingerprint density at radius 1 is 1.15 bits per heavy atom. The Morgan fingerprint density at radius 2 is 2.00 bits per heavy atom. The molecular formula is C13H13ClN6. The predicted octanol–water partition coefficient (Wildman–Crippen LogP) is 2.38. The van der Waals surface area contributed by atoms with E-state index in [9.17, 15) is 0 Å². The first kappa shape index (κ1) is 12.8. The molecule has 102 valence electrons. The summed E-state index contributed by atoms with van der Waals surface area (Å²) in [5.41, 5.74) is 0. The van der Waals surface area contributed by atoms with E-state index in [1.165, 1.54) is 0 Å². The predicted molar refractivity (Wildman–Crippen MR) is 77.7 cm³/mol. The van der Waals surface area contributed by atoms with Crippen LogP contribution < -0.4 is 5.32 Å². The number of fused-ring (bicyclic) bond motifs is 1. The Bertz CT molecular complexity index is 697. The van der Waals surface area contributed by atoms with Gasteiger partial charge in [0, 0.05) is 30.1 Å². The third-order valence-corrected chi connectivity index (χ3v) is 3.25. The van der Waals surface area contributed by atoms with Crippen molar-refractivity contribution in [1.29, 1.82) is 0 Å². The summed E-state index contributed by atoms with van der Waals surface area (Å²) in [5, 5.41) is 21.3. The molecule has 0 aliphatic heterocycles. The molecular weight excluding hydrogens is 276 g/mol. The van der Waals surface area contributed by atoms with Crippen molar-refractivity contribution >= 4 is 28.2 Å². The first-order chi connectivity index (χ1) is 9.84. The molecule has 0 aliphatic carbocycles. The Labute approximate surface area is 120 Å². The van der Waals surface area contributed by atoms with Gasteiger partial charge in [-0.15, -0.1) is 15.3 Å². The summed E-state index contributed by atoms with van der Waals surface area (Å²) < 4.78 is 1.80. The van der Waals surface area contributed by atoms with Gasteiger partial charge in [-0.1, -0.05) is 41.1 Å². The molecule has 2 heterocycles. The lowest BCUT2D eigenvalue weighted by Gasteiger charge is -2.08. The summed E-state index contributed by atoms with van der Waals surface area (Å²) in [4.78, 5) is 0. The van der Waals surface area contributed by atoms with E-state index in [-0.39, 0.29) is 0 Å². The van der Waals surface area contributed by atoms with E-state index >= 15 is 0 Å². The van der Waals surface area contributed by atoms with Crippen molar-refractivity contribution in [3.8, 4) is 0 Å². The van der Waals surface area contributed by atoms with Crippen molar-refractivity contribution in [2.75, 3.05) is 11.9 Å². The number of aryl methyl sites for hydroxylation is 1. The van der Waals surface area contributed by atoms with Gasteiger partial charge in [0.05, 0.1) is 6.20 Å². The lowest BCUT2D eigenvalue weighted by molar-refractivity contribution is 0.569. The smallest absolute Gasteiger partial charge is 0.159 e. The summed E-state index contributed by atoms with van der Waals surface area (Å²) in [6.45, 7) is 1.59. The number of halogens is 1. The van der Waals surface area contributed by atoms with Crippen LogP contribution in [-0.2, 0) is 6.54 Å². The number of anilines is 1. The second kappa shape index (κ2) is 5.83. The van der Waals surface area contributed by atoms with Crippen LogP contribution in [0.4, 0.5) is 5.82 Å². The maximum atomic E-state index is 6.04. The molecule has 7 heteroatoms. The van der Waals surface area contributed by atoms with Gasteiger partial charge in [-0.3, -0.25) is 4.68 Å². The topological polar surface area (TPSA) is 68.5 Å². The molecule has 1 aromatic carbocycles. The molecule has 20 heavy (non-hydrogen) atoms. The molecule has 2 aromatic heterocycles. The summed E-state index contributed by atoms with van der Waals surface area (Å²) in [6.07, 6.45) is 4.44. The fourth-order valence-electron chi connectivity index (χ4n) is 2.00. The third kappa shape index (κ3) is 2.70. The van der Waals surface area contributed by atoms with Gasteiger partial charge in [0.2, 0.25) is 0 Å². The van der Waals surface area contributed by atoms with Crippen molar-refractivity contribution in [2.24, 2.45) is 0 Å². The average molecular weight is 289 g/mol. The number of hydrogen-bond acceptors (Lipinski definition) is 5. The van der Waals surface area contributed by atoms with Crippen LogP contribution in [-0.4, -0.2) is 31.7 Å². The zero-order valence-electron chi connectivity index (χ0n) is 10.7. The van der Waals surface area contributed by atoms with Gasteiger partial charge in [-0.25, -0.2) is 0 Å². The lowest BCUT2D eigenvalue weighted by atomic mass is 10.2. The normalized spacial score (nSPS) is 10.8. The minimum Gasteiger partial charge on any atom is -0.368 e. The van der Waals surface area contributed by atoms with Crippen LogP contribution in [0.2, 0.25) is 5.15 Å². The van der Waals surface area contributed by atoms with Crippen molar-refractivity contribution < 1.29 is 0 Å². The highest BCUT2D eigenvalue weighted by molar-refractivity contribution is 6.34. The van der Waals surface area contributed by atoms with Crippen LogP contribution in [0.1, 0.15) is 6.42 Å². The molecule has 0 saturated heterocycles. The van der Waals surface area contributed by atoms with Crippen LogP contribution in [0.3, 0.4) is 0 Å². The Kier molecular flexibility index (Phi) is 3.73. The molecule has 0 radical (unpaired) electrons. The van der Waals surface area contributed by atoms with Gasteiger partial charge in [0.15, 0.2) is 11.0 Å². The van der Waals surface area contributed by atoms with Crippen LogP contribution in [0, 0.1) is 0 Å². The number of aromatic nitrogens is 5. The number of nitrogens with one attached hydrogen (secondary N) is 1. The van der Waals surface area contributed by atoms with Crippen LogP contribution >= 0.6 is 11.6 Å². The molecule has 0 spiro atoms. The van der Waals surface area contributed by atoms with Gasteiger partial charge in [-0.2, -0.15) is 0 Å². The van der Waals surface area contributed by atoms with Crippen molar-refractivity contribution in [3.05, 3.63) is 41.8 Å². The zero-order chi connectivity index (χ0) is 13.8. The molecule has 6 nitrogen and oxygen atoms in total. The monoisotopic (exact) mass is 288 g/mol. The third-order valence-electron chi connectivity index (χ3n) is 2.97.